The van der Waals surface area contributed by atoms with Crippen LogP contribution >= 0.6 is 0 Å². The monoisotopic (exact) mass is 535 g/mol. The summed E-state index contributed by atoms with van der Waals surface area (Å²) in [5.74, 6) is -0.506. The highest BCUT2D eigenvalue weighted by Gasteiger charge is 2.36. The fourth-order valence-electron chi connectivity index (χ4n) is 5.33. The molecular weight excluding hydrogens is 490 g/mol. The Morgan fingerprint density at radius 3 is 2.15 bits per heavy atom. The van der Waals surface area contributed by atoms with Gasteiger partial charge in [-0.05, 0) is 65.5 Å². The SMILES string of the molecule is CCN(C(=O)C(Cc1ccccc1)NC(=O)OC(C)(C)C)C(C(=O)NC1CCCCC1)c1cc(C)cc(C)c1. The number of ether oxygens (including phenoxy) is 1. The van der Waals surface area contributed by atoms with Gasteiger partial charge in [-0.25, -0.2) is 4.79 Å². The normalized spacial score (nSPS) is 15.6. The van der Waals surface area contributed by atoms with Gasteiger partial charge in [-0.2, -0.15) is 0 Å². The third-order valence-electron chi connectivity index (χ3n) is 6.97. The highest BCUT2D eigenvalue weighted by atomic mass is 16.6. The Hall–Kier alpha value is -3.35. The van der Waals surface area contributed by atoms with Crippen LogP contribution in [-0.2, 0) is 20.7 Å². The molecule has 0 aromatic heterocycles. The van der Waals surface area contributed by atoms with E-state index in [4.69, 9.17) is 4.74 Å². The molecule has 0 aliphatic heterocycles. The molecule has 2 aromatic rings. The Labute approximate surface area is 233 Å². The summed E-state index contributed by atoms with van der Waals surface area (Å²) in [4.78, 5) is 42.6. The van der Waals surface area contributed by atoms with E-state index in [-0.39, 0.29) is 24.3 Å². The summed E-state index contributed by atoms with van der Waals surface area (Å²) in [6, 6.07) is 13.9. The molecule has 2 aromatic carbocycles. The van der Waals surface area contributed by atoms with Crippen molar-refractivity contribution < 1.29 is 19.1 Å². The summed E-state index contributed by atoms with van der Waals surface area (Å²) in [6.07, 6.45) is 4.87. The number of hydrogen-bond acceptors (Lipinski definition) is 4. The zero-order valence-corrected chi connectivity index (χ0v) is 24.4. The van der Waals surface area contributed by atoms with Gasteiger partial charge in [-0.1, -0.05) is 78.9 Å². The predicted molar refractivity (Wildman–Crippen MR) is 154 cm³/mol. The van der Waals surface area contributed by atoms with Crippen LogP contribution in [0.5, 0.6) is 0 Å². The third-order valence-corrected chi connectivity index (χ3v) is 6.97. The fraction of sp³-hybridized carbons (Fsp3) is 0.531. The Morgan fingerprint density at radius 2 is 1.59 bits per heavy atom. The standard InChI is InChI=1S/C32H45N3O4/c1-7-35(30(37)27(21-24-14-10-8-11-15-24)34-31(38)39-32(4,5)6)28(25-19-22(2)18-23(3)20-25)29(36)33-26-16-12-9-13-17-26/h8,10-11,14-15,18-20,26-28H,7,9,12-13,16-17,21H2,1-6H3,(H,33,36)(H,34,38). The molecule has 3 amide bonds. The van der Waals surface area contributed by atoms with Crippen LogP contribution in [0.2, 0.25) is 0 Å². The molecule has 2 atom stereocenters. The lowest BCUT2D eigenvalue weighted by Crippen LogP contribution is -2.54. The third kappa shape index (κ3) is 9.12. The van der Waals surface area contributed by atoms with Crippen molar-refractivity contribution in [2.75, 3.05) is 6.54 Å². The lowest BCUT2D eigenvalue weighted by atomic mass is 9.94. The second-order valence-corrected chi connectivity index (χ2v) is 11.7. The minimum absolute atomic E-state index is 0.105. The first kappa shape index (κ1) is 30.2. The van der Waals surface area contributed by atoms with Gasteiger partial charge in [0.05, 0.1) is 0 Å². The molecule has 7 heteroatoms. The van der Waals surface area contributed by atoms with Gasteiger partial charge in [-0.15, -0.1) is 0 Å². The van der Waals surface area contributed by atoms with Gasteiger partial charge < -0.3 is 20.3 Å². The summed E-state index contributed by atoms with van der Waals surface area (Å²) in [5, 5.41) is 6.04. The molecule has 2 unspecified atom stereocenters. The zero-order valence-electron chi connectivity index (χ0n) is 24.4. The van der Waals surface area contributed by atoms with E-state index in [1.54, 1.807) is 25.7 Å². The van der Waals surface area contributed by atoms with E-state index >= 15 is 0 Å². The average molecular weight is 536 g/mol. The average Bonchev–Trinajstić information content (AvgIpc) is 2.85. The van der Waals surface area contributed by atoms with E-state index in [9.17, 15) is 14.4 Å². The van der Waals surface area contributed by atoms with Gasteiger partial charge in [0.25, 0.3) is 0 Å². The minimum atomic E-state index is -0.905. The van der Waals surface area contributed by atoms with Gasteiger partial charge in [0.2, 0.25) is 11.8 Å². The number of rotatable bonds is 9. The maximum atomic E-state index is 14.2. The van der Waals surface area contributed by atoms with Crippen LogP contribution < -0.4 is 10.6 Å². The van der Waals surface area contributed by atoms with Crippen molar-refractivity contribution in [2.45, 2.75) is 104 Å². The Bertz CT molecular complexity index is 1100. The number of carbonyl (C=O) groups is 3. The van der Waals surface area contributed by atoms with Crippen molar-refractivity contribution in [3.8, 4) is 0 Å². The molecule has 0 radical (unpaired) electrons. The number of nitrogens with one attached hydrogen (secondary N) is 2. The largest absolute Gasteiger partial charge is 0.444 e. The van der Waals surface area contributed by atoms with Gasteiger partial charge >= 0.3 is 6.09 Å². The quantitative estimate of drug-likeness (QED) is 0.426. The van der Waals surface area contributed by atoms with Crippen LogP contribution in [0, 0.1) is 13.8 Å². The molecule has 1 aliphatic rings. The number of carbonyl (C=O) groups excluding carboxylic acids is 3. The van der Waals surface area contributed by atoms with Crippen molar-refractivity contribution in [3.05, 3.63) is 70.8 Å². The van der Waals surface area contributed by atoms with Crippen molar-refractivity contribution in [1.82, 2.24) is 15.5 Å². The number of hydrogen-bond donors (Lipinski definition) is 2. The highest BCUT2D eigenvalue weighted by Crippen LogP contribution is 2.27. The first-order valence-electron chi connectivity index (χ1n) is 14.2. The molecule has 0 bridgehead atoms. The molecule has 1 fully saturated rings. The van der Waals surface area contributed by atoms with Crippen molar-refractivity contribution >= 4 is 17.9 Å². The van der Waals surface area contributed by atoms with Gasteiger partial charge in [-0.3, -0.25) is 9.59 Å². The van der Waals surface area contributed by atoms with E-state index in [1.165, 1.54) is 6.42 Å². The maximum absolute atomic E-state index is 14.2. The predicted octanol–water partition coefficient (Wildman–Crippen LogP) is 5.78. The molecule has 1 aliphatic carbocycles. The van der Waals surface area contributed by atoms with E-state index in [2.05, 4.69) is 16.7 Å². The van der Waals surface area contributed by atoms with Crippen LogP contribution in [0.1, 0.15) is 88.1 Å². The summed E-state index contributed by atoms with van der Waals surface area (Å²) in [6.45, 7) is 11.5. The van der Waals surface area contributed by atoms with Gasteiger partial charge in [0.1, 0.15) is 17.7 Å². The van der Waals surface area contributed by atoms with E-state index in [0.717, 1.165) is 47.9 Å². The Morgan fingerprint density at radius 1 is 0.974 bits per heavy atom. The Kier molecular flexibility index (Phi) is 10.6. The van der Waals surface area contributed by atoms with Crippen molar-refractivity contribution in [3.63, 3.8) is 0 Å². The zero-order chi connectivity index (χ0) is 28.6. The summed E-state index contributed by atoms with van der Waals surface area (Å²) < 4.78 is 5.49. The molecule has 7 nitrogen and oxygen atoms in total. The summed E-state index contributed by atoms with van der Waals surface area (Å²) >= 11 is 0. The Balaban J connectivity index is 1.97. The van der Waals surface area contributed by atoms with Crippen molar-refractivity contribution in [2.24, 2.45) is 0 Å². The lowest BCUT2D eigenvalue weighted by Gasteiger charge is -2.35. The van der Waals surface area contributed by atoms with Crippen LogP contribution in [0.25, 0.3) is 0 Å². The first-order chi connectivity index (χ1) is 18.5. The highest BCUT2D eigenvalue weighted by molar-refractivity contribution is 5.92. The van der Waals surface area contributed by atoms with Crippen LogP contribution in [0.3, 0.4) is 0 Å². The van der Waals surface area contributed by atoms with Crippen LogP contribution in [0.4, 0.5) is 4.79 Å². The van der Waals surface area contributed by atoms with Crippen LogP contribution in [-0.4, -0.2) is 47.0 Å². The number of aryl methyl sites for hydroxylation is 2. The number of alkyl carbamates (subject to hydrolysis) is 1. The van der Waals surface area contributed by atoms with Gasteiger partial charge in [0.15, 0.2) is 0 Å². The van der Waals surface area contributed by atoms with Crippen LogP contribution in [0.15, 0.2) is 48.5 Å². The number of amides is 3. The summed E-state index contributed by atoms with van der Waals surface area (Å²) in [5.41, 5.74) is 3.01. The molecule has 0 heterocycles. The van der Waals surface area contributed by atoms with Crippen molar-refractivity contribution in [1.29, 1.82) is 0 Å². The second-order valence-electron chi connectivity index (χ2n) is 11.7. The molecular formula is C32H45N3O4. The molecule has 39 heavy (non-hydrogen) atoms. The second kappa shape index (κ2) is 13.6. The number of likely N-dealkylation sites (N-methyl/N-ethyl adjacent to an activating group) is 1. The van der Waals surface area contributed by atoms with E-state index < -0.39 is 23.8 Å². The molecule has 212 valence electrons. The molecule has 3 rings (SSSR count). The number of nitrogens with zero attached hydrogens (tertiary/aromatic N) is 1. The van der Waals surface area contributed by atoms with Gasteiger partial charge in [0, 0.05) is 19.0 Å². The molecule has 0 saturated heterocycles. The van der Waals surface area contributed by atoms with E-state index in [0.29, 0.717) is 6.54 Å². The maximum Gasteiger partial charge on any atom is 0.408 e. The minimum Gasteiger partial charge on any atom is -0.444 e. The summed E-state index contributed by atoms with van der Waals surface area (Å²) in [7, 11) is 0. The lowest BCUT2D eigenvalue weighted by molar-refractivity contribution is -0.142. The topological polar surface area (TPSA) is 87.7 Å². The first-order valence-corrected chi connectivity index (χ1v) is 14.2. The molecule has 0 spiro atoms. The van der Waals surface area contributed by atoms with E-state index in [1.807, 2.05) is 63.2 Å². The molecule has 2 N–H and O–H groups in total. The fourth-order valence-corrected chi connectivity index (χ4v) is 5.33. The smallest absolute Gasteiger partial charge is 0.408 e. The number of benzene rings is 2. The molecule has 1 saturated carbocycles.